The van der Waals surface area contributed by atoms with Crippen molar-refractivity contribution < 1.29 is 0 Å². The van der Waals surface area contributed by atoms with Crippen LogP contribution in [0, 0.1) is 13.8 Å². The maximum absolute atomic E-state index is 6.06. The first-order valence-corrected chi connectivity index (χ1v) is 8.18. The van der Waals surface area contributed by atoms with Gasteiger partial charge in [-0.15, -0.1) is 0 Å². The van der Waals surface area contributed by atoms with Crippen LogP contribution in [0.25, 0.3) is 0 Å². The van der Waals surface area contributed by atoms with Gasteiger partial charge in [-0.3, -0.25) is 0 Å². The molecule has 1 atom stereocenters. The van der Waals surface area contributed by atoms with E-state index in [0.29, 0.717) is 12.5 Å². The summed E-state index contributed by atoms with van der Waals surface area (Å²) in [5.74, 6) is 0.384. The maximum atomic E-state index is 6.06. The molecule has 1 unspecified atom stereocenters. The highest BCUT2D eigenvalue weighted by molar-refractivity contribution is 5.34. The molecule has 0 spiro atoms. The molecule has 0 saturated carbocycles. The summed E-state index contributed by atoms with van der Waals surface area (Å²) in [5.41, 5.74) is 13.1. The molecule has 0 aliphatic carbocycles. The third-order valence-corrected chi connectivity index (χ3v) is 4.50. The van der Waals surface area contributed by atoms with Gasteiger partial charge in [-0.05, 0) is 54.5 Å². The highest BCUT2D eigenvalue weighted by atomic mass is 14.5. The van der Waals surface area contributed by atoms with Gasteiger partial charge < -0.3 is 5.73 Å². The second-order valence-corrected chi connectivity index (χ2v) is 7.44. The van der Waals surface area contributed by atoms with Crippen LogP contribution in [0.4, 0.5) is 0 Å². The minimum Gasteiger partial charge on any atom is -0.330 e. The van der Waals surface area contributed by atoms with E-state index < -0.39 is 0 Å². The Balaban J connectivity index is 2.23. The summed E-state index contributed by atoms with van der Waals surface area (Å²) in [5, 5.41) is 0. The lowest BCUT2D eigenvalue weighted by Crippen LogP contribution is -2.16. The first kappa shape index (κ1) is 16.8. The molecular weight excluding hydrogens is 266 g/mol. The topological polar surface area (TPSA) is 26.0 Å². The van der Waals surface area contributed by atoms with Crippen molar-refractivity contribution in [2.45, 2.75) is 52.4 Å². The van der Waals surface area contributed by atoms with Gasteiger partial charge >= 0.3 is 0 Å². The third-order valence-electron chi connectivity index (χ3n) is 4.50. The van der Waals surface area contributed by atoms with Crippen molar-refractivity contribution in [3.63, 3.8) is 0 Å². The molecule has 0 heterocycles. The Labute approximate surface area is 135 Å². The summed E-state index contributed by atoms with van der Waals surface area (Å²) in [6, 6.07) is 15.7. The standard InChI is InChI=1S/C21H29N/c1-15-6-7-16(2)18(12-15)13-19(14-22)17-8-10-20(11-9-17)21(3,4)5/h6-12,19H,13-14,22H2,1-5H3. The highest BCUT2D eigenvalue weighted by Crippen LogP contribution is 2.27. The van der Waals surface area contributed by atoms with Gasteiger partial charge in [-0.1, -0.05) is 68.8 Å². The molecule has 0 radical (unpaired) electrons. The van der Waals surface area contributed by atoms with Crippen molar-refractivity contribution in [2.75, 3.05) is 6.54 Å². The van der Waals surface area contributed by atoms with Crippen LogP contribution in [0.5, 0.6) is 0 Å². The van der Waals surface area contributed by atoms with Crippen molar-refractivity contribution in [1.29, 1.82) is 0 Å². The quantitative estimate of drug-likeness (QED) is 0.854. The molecule has 2 N–H and O–H groups in total. The van der Waals surface area contributed by atoms with Crippen LogP contribution in [0.15, 0.2) is 42.5 Å². The van der Waals surface area contributed by atoms with E-state index in [1.54, 1.807) is 0 Å². The first-order chi connectivity index (χ1) is 10.3. The van der Waals surface area contributed by atoms with Crippen molar-refractivity contribution in [2.24, 2.45) is 5.73 Å². The van der Waals surface area contributed by atoms with E-state index in [1.165, 1.54) is 27.8 Å². The molecule has 0 fully saturated rings. The zero-order chi connectivity index (χ0) is 16.3. The van der Waals surface area contributed by atoms with Gasteiger partial charge in [-0.2, -0.15) is 0 Å². The smallest absolute Gasteiger partial charge is 0.000167 e. The predicted molar refractivity (Wildman–Crippen MR) is 96.6 cm³/mol. The Kier molecular flexibility index (Phi) is 5.08. The monoisotopic (exact) mass is 295 g/mol. The van der Waals surface area contributed by atoms with Gasteiger partial charge in [-0.25, -0.2) is 0 Å². The van der Waals surface area contributed by atoms with E-state index in [0.717, 1.165) is 6.42 Å². The van der Waals surface area contributed by atoms with E-state index >= 15 is 0 Å². The Morgan fingerprint density at radius 1 is 0.955 bits per heavy atom. The van der Waals surface area contributed by atoms with Gasteiger partial charge in [0.05, 0.1) is 0 Å². The average molecular weight is 295 g/mol. The fourth-order valence-electron chi connectivity index (χ4n) is 2.88. The number of nitrogens with two attached hydrogens (primary N) is 1. The second kappa shape index (κ2) is 6.66. The molecule has 0 aromatic heterocycles. The average Bonchev–Trinajstić information content (AvgIpc) is 2.47. The third kappa shape index (κ3) is 3.98. The van der Waals surface area contributed by atoms with E-state index in [2.05, 4.69) is 77.1 Å². The number of hydrogen-bond donors (Lipinski definition) is 1. The van der Waals surface area contributed by atoms with Crippen molar-refractivity contribution in [3.05, 3.63) is 70.3 Å². The molecular formula is C21H29N. The van der Waals surface area contributed by atoms with Crippen LogP contribution < -0.4 is 5.73 Å². The Morgan fingerprint density at radius 3 is 2.14 bits per heavy atom. The highest BCUT2D eigenvalue weighted by Gasteiger charge is 2.16. The summed E-state index contributed by atoms with van der Waals surface area (Å²) in [4.78, 5) is 0. The molecule has 2 aromatic carbocycles. The molecule has 1 heteroatoms. The lowest BCUT2D eigenvalue weighted by atomic mass is 9.84. The van der Waals surface area contributed by atoms with Gasteiger partial charge in [0.1, 0.15) is 0 Å². The first-order valence-electron chi connectivity index (χ1n) is 8.18. The number of aryl methyl sites for hydroxylation is 2. The van der Waals surface area contributed by atoms with E-state index in [1.807, 2.05) is 0 Å². The molecule has 2 rings (SSSR count). The Morgan fingerprint density at radius 2 is 1.59 bits per heavy atom. The van der Waals surface area contributed by atoms with Crippen molar-refractivity contribution >= 4 is 0 Å². The zero-order valence-corrected chi connectivity index (χ0v) is 14.6. The molecule has 2 aromatic rings. The van der Waals surface area contributed by atoms with E-state index in [9.17, 15) is 0 Å². The normalized spacial score (nSPS) is 13.2. The summed E-state index contributed by atoms with van der Waals surface area (Å²) in [6.07, 6.45) is 1.01. The van der Waals surface area contributed by atoms with Crippen LogP contribution in [-0.2, 0) is 11.8 Å². The summed E-state index contributed by atoms with van der Waals surface area (Å²) >= 11 is 0. The van der Waals surface area contributed by atoms with Crippen molar-refractivity contribution in [3.8, 4) is 0 Å². The zero-order valence-electron chi connectivity index (χ0n) is 14.6. The van der Waals surface area contributed by atoms with Crippen LogP contribution in [-0.4, -0.2) is 6.54 Å². The van der Waals surface area contributed by atoms with Crippen LogP contribution >= 0.6 is 0 Å². The summed E-state index contributed by atoms with van der Waals surface area (Å²) in [6.45, 7) is 11.8. The number of rotatable bonds is 4. The van der Waals surface area contributed by atoms with Gasteiger partial charge in [0.15, 0.2) is 0 Å². The van der Waals surface area contributed by atoms with Gasteiger partial charge in [0.25, 0.3) is 0 Å². The molecule has 0 aliphatic rings. The Hall–Kier alpha value is -1.60. The van der Waals surface area contributed by atoms with Crippen LogP contribution in [0.2, 0.25) is 0 Å². The second-order valence-electron chi connectivity index (χ2n) is 7.44. The Bertz CT molecular complexity index is 617. The van der Waals surface area contributed by atoms with E-state index in [4.69, 9.17) is 5.73 Å². The van der Waals surface area contributed by atoms with E-state index in [-0.39, 0.29) is 5.41 Å². The lowest BCUT2D eigenvalue weighted by molar-refractivity contribution is 0.589. The molecule has 0 aliphatic heterocycles. The molecule has 0 bridgehead atoms. The van der Waals surface area contributed by atoms with Gasteiger partial charge in [0.2, 0.25) is 0 Å². The van der Waals surface area contributed by atoms with Crippen LogP contribution in [0.3, 0.4) is 0 Å². The molecule has 1 nitrogen and oxygen atoms in total. The maximum Gasteiger partial charge on any atom is 0.000167 e. The van der Waals surface area contributed by atoms with Crippen LogP contribution in [0.1, 0.15) is 54.5 Å². The number of benzene rings is 2. The SMILES string of the molecule is Cc1ccc(C)c(CC(CN)c2ccc(C(C)(C)C)cc2)c1. The predicted octanol–water partition coefficient (Wildman–Crippen LogP) is 4.89. The van der Waals surface area contributed by atoms with Gasteiger partial charge in [0, 0.05) is 5.92 Å². The lowest BCUT2D eigenvalue weighted by Gasteiger charge is -2.21. The number of hydrogen-bond acceptors (Lipinski definition) is 1. The van der Waals surface area contributed by atoms with Crippen molar-refractivity contribution in [1.82, 2.24) is 0 Å². The summed E-state index contributed by atoms with van der Waals surface area (Å²) in [7, 11) is 0. The molecule has 0 saturated heterocycles. The molecule has 118 valence electrons. The molecule has 0 amide bonds. The fraction of sp³-hybridized carbons (Fsp3) is 0.429. The largest absolute Gasteiger partial charge is 0.330 e. The fourth-order valence-corrected chi connectivity index (χ4v) is 2.88. The minimum absolute atomic E-state index is 0.198. The molecule has 22 heavy (non-hydrogen) atoms. The minimum atomic E-state index is 0.198. The summed E-state index contributed by atoms with van der Waals surface area (Å²) < 4.78 is 0.